The van der Waals surface area contributed by atoms with Crippen LogP contribution in [0.4, 0.5) is 5.69 Å². The lowest BCUT2D eigenvalue weighted by Gasteiger charge is -2.13. The summed E-state index contributed by atoms with van der Waals surface area (Å²) in [7, 11) is 0. The Morgan fingerprint density at radius 1 is 0.870 bits per heavy atom. The molecule has 0 saturated heterocycles. The molecule has 0 saturated carbocycles. The maximum Gasteiger partial charge on any atom is 0.258 e. The van der Waals surface area contributed by atoms with E-state index in [4.69, 9.17) is 0 Å². The van der Waals surface area contributed by atoms with Gasteiger partial charge in [-0.3, -0.25) is 24.1 Å². The van der Waals surface area contributed by atoms with Crippen molar-refractivity contribution in [2.24, 2.45) is 0 Å². The van der Waals surface area contributed by atoms with Crippen LogP contribution in [-0.4, -0.2) is 35.1 Å². The van der Waals surface area contributed by atoms with Gasteiger partial charge in [0.25, 0.3) is 23.6 Å². The van der Waals surface area contributed by atoms with Crippen LogP contribution in [0.1, 0.15) is 6.42 Å². The summed E-state index contributed by atoms with van der Waals surface area (Å²) in [4.78, 5) is 48.5. The fourth-order valence-electron chi connectivity index (χ4n) is 2.50. The van der Waals surface area contributed by atoms with Crippen molar-refractivity contribution in [1.29, 1.82) is 0 Å². The minimum atomic E-state index is -0.368. The minimum Gasteiger partial charge on any atom is -0.275 e. The van der Waals surface area contributed by atoms with Crippen LogP contribution in [-0.2, 0) is 25.7 Å². The van der Waals surface area contributed by atoms with E-state index in [0.29, 0.717) is 25.2 Å². The highest BCUT2D eigenvalue weighted by atomic mass is 16.2. The van der Waals surface area contributed by atoms with Gasteiger partial charge in [0.05, 0.1) is 0 Å². The zero-order chi connectivity index (χ0) is 16.4. The van der Waals surface area contributed by atoms with Crippen LogP contribution in [0.5, 0.6) is 0 Å². The smallest absolute Gasteiger partial charge is 0.258 e. The molecule has 2 aliphatic rings. The molecule has 0 fully saturated rings. The molecule has 0 unspecified atom stereocenters. The van der Waals surface area contributed by atoms with Gasteiger partial charge in [-0.1, -0.05) is 0 Å². The van der Waals surface area contributed by atoms with Crippen LogP contribution < -0.4 is 9.47 Å². The third kappa shape index (κ3) is 2.94. The van der Waals surface area contributed by atoms with Gasteiger partial charge in [0, 0.05) is 43.3 Å². The topological polar surface area (TPSA) is 78.6 Å². The lowest BCUT2D eigenvalue weighted by atomic mass is 10.3. The summed E-state index contributed by atoms with van der Waals surface area (Å²) in [5, 5.41) is 0. The van der Waals surface area contributed by atoms with Crippen molar-refractivity contribution in [1.82, 2.24) is 4.90 Å². The number of imide groups is 2. The molecule has 2 aliphatic heterocycles. The molecule has 116 valence electrons. The van der Waals surface area contributed by atoms with E-state index in [1.807, 2.05) is 4.57 Å². The highest BCUT2D eigenvalue weighted by Gasteiger charge is 2.27. The van der Waals surface area contributed by atoms with E-state index in [1.54, 1.807) is 24.5 Å². The van der Waals surface area contributed by atoms with Crippen LogP contribution >= 0.6 is 0 Å². The molecule has 4 amide bonds. The van der Waals surface area contributed by atoms with Crippen molar-refractivity contribution in [3.05, 3.63) is 48.8 Å². The second-order valence-corrected chi connectivity index (χ2v) is 5.16. The number of hydrogen-bond acceptors (Lipinski definition) is 4. The SMILES string of the molecule is O=C1C=CC(=O)N1CCC[n+]1cccc(N2C(=O)C=CC2=O)c1. The maximum absolute atomic E-state index is 11.7. The summed E-state index contributed by atoms with van der Waals surface area (Å²) in [6.07, 6.45) is 9.05. The molecule has 0 aliphatic carbocycles. The average Bonchev–Trinajstić information content (AvgIpc) is 3.03. The lowest BCUT2D eigenvalue weighted by Crippen LogP contribution is -2.39. The Hall–Kier alpha value is -3.09. The largest absolute Gasteiger partial charge is 0.275 e. The van der Waals surface area contributed by atoms with Gasteiger partial charge >= 0.3 is 0 Å². The molecular formula is C16H14N3O4+. The Morgan fingerprint density at radius 2 is 1.48 bits per heavy atom. The van der Waals surface area contributed by atoms with E-state index in [2.05, 4.69) is 0 Å². The van der Waals surface area contributed by atoms with E-state index in [0.717, 1.165) is 4.90 Å². The first-order chi connectivity index (χ1) is 11.1. The van der Waals surface area contributed by atoms with E-state index in [1.165, 1.54) is 29.2 Å². The van der Waals surface area contributed by atoms with Gasteiger partial charge in [0.2, 0.25) is 0 Å². The molecule has 7 heteroatoms. The first-order valence-electron chi connectivity index (χ1n) is 7.15. The third-order valence-electron chi connectivity index (χ3n) is 3.61. The zero-order valence-corrected chi connectivity index (χ0v) is 12.2. The number of rotatable bonds is 5. The Bertz CT molecular complexity index is 730. The molecule has 7 nitrogen and oxygen atoms in total. The van der Waals surface area contributed by atoms with Gasteiger partial charge in [-0.05, 0) is 6.07 Å². The number of anilines is 1. The first-order valence-corrected chi connectivity index (χ1v) is 7.15. The molecule has 0 atom stereocenters. The molecule has 1 aromatic heterocycles. The van der Waals surface area contributed by atoms with Crippen molar-refractivity contribution >= 4 is 29.3 Å². The highest BCUT2D eigenvalue weighted by Crippen LogP contribution is 2.16. The van der Waals surface area contributed by atoms with Gasteiger partial charge in [-0.25, -0.2) is 9.47 Å². The van der Waals surface area contributed by atoms with E-state index in [-0.39, 0.29) is 23.6 Å². The zero-order valence-electron chi connectivity index (χ0n) is 12.2. The monoisotopic (exact) mass is 312 g/mol. The standard InChI is InChI=1S/C16H14N3O4/c20-13-4-5-14(21)18(13)10-2-9-17-8-1-3-12(11-17)19-15(22)6-7-16(19)23/h1,3-8,11H,2,9-10H2/q+1. The number of nitrogens with zero attached hydrogens (tertiary/aromatic N) is 3. The summed E-state index contributed by atoms with van der Waals surface area (Å²) in [5.74, 6) is -1.33. The molecule has 23 heavy (non-hydrogen) atoms. The number of amides is 4. The van der Waals surface area contributed by atoms with E-state index in [9.17, 15) is 19.2 Å². The molecule has 0 aromatic carbocycles. The first kappa shape index (κ1) is 14.8. The van der Waals surface area contributed by atoms with Crippen molar-refractivity contribution in [2.75, 3.05) is 11.4 Å². The van der Waals surface area contributed by atoms with Crippen LogP contribution in [0.3, 0.4) is 0 Å². The van der Waals surface area contributed by atoms with E-state index >= 15 is 0 Å². The number of carbonyl (C=O) groups excluding carboxylic acids is 4. The van der Waals surface area contributed by atoms with Crippen molar-refractivity contribution in [2.45, 2.75) is 13.0 Å². The fraction of sp³-hybridized carbons (Fsp3) is 0.188. The van der Waals surface area contributed by atoms with Gasteiger partial charge in [-0.2, -0.15) is 0 Å². The van der Waals surface area contributed by atoms with E-state index < -0.39 is 0 Å². The normalized spacial score (nSPS) is 17.0. The minimum absolute atomic E-state index is 0.298. The predicted octanol–water partition coefficient (Wildman–Crippen LogP) is -0.281. The predicted molar refractivity (Wildman–Crippen MR) is 78.7 cm³/mol. The Balaban J connectivity index is 1.62. The second-order valence-electron chi connectivity index (χ2n) is 5.16. The fourth-order valence-corrected chi connectivity index (χ4v) is 2.50. The third-order valence-corrected chi connectivity index (χ3v) is 3.61. The number of pyridine rings is 1. The van der Waals surface area contributed by atoms with Crippen molar-refractivity contribution in [3.8, 4) is 0 Å². The number of aryl methyl sites for hydroxylation is 1. The lowest BCUT2D eigenvalue weighted by molar-refractivity contribution is -0.696. The quantitative estimate of drug-likeness (QED) is 0.553. The molecule has 0 spiro atoms. The molecule has 0 N–H and O–H groups in total. The average molecular weight is 312 g/mol. The molecule has 0 radical (unpaired) electrons. The highest BCUT2D eigenvalue weighted by molar-refractivity contribution is 6.28. The van der Waals surface area contributed by atoms with Crippen LogP contribution in [0.2, 0.25) is 0 Å². The number of aromatic nitrogens is 1. The summed E-state index contributed by atoms with van der Waals surface area (Å²) in [5.41, 5.74) is 0.488. The Labute approximate surface area is 132 Å². The van der Waals surface area contributed by atoms with Crippen LogP contribution in [0, 0.1) is 0 Å². The molecule has 3 heterocycles. The van der Waals surface area contributed by atoms with Crippen molar-refractivity contribution < 1.29 is 23.7 Å². The molecular weight excluding hydrogens is 298 g/mol. The van der Waals surface area contributed by atoms with Crippen LogP contribution in [0.15, 0.2) is 48.8 Å². The Morgan fingerprint density at radius 3 is 2.13 bits per heavy atom. The van der Waals surface area contributed by atoms with Gasteiger partial charge < -0.3 is 0 Å². The Kier molecular flexibility index (Phi) is 3.84. The maximum atomic E-state index is 11.7. The molecule has 1 aromatic rings. The van der Waals surface area contributed by atoms with Crippen molar-refractivity contribution in [3.63, 3.8) is 0 Å². The number of carbonyl (C=O) groups is 4. The number of hydrogen-bond donors (Lipinski definition) is 0. The van der Waals surface area contributed by atoms with Gasteiger partial charge in [-0.15, -0.1) is 0 Å². The summed E-state index contributed by atoms with van der Waals surface area (Å²) in [6.45, 7) is 0.875. The van der Waals surface area contributed by atoms with Gasteiger partial charge in [0.1, 0.15) is 12.2 Å². The summed E-state index contributed by atoms with van der Waals surface area (Å²) < 4.78 is 1.81. The second kappa shape index (κ2) is 5.96. The van der Waals surface area contributed by atoms with Crippen LogP contribution in [0.25, 0.3) is 0 Å². The molecule has 0 bridgehead atoms. The molecule has 3 rings (SSSR count). The van der Waals surface area contributed by atoms with Gasteiger partial charge in [0.15, 0.2) is 12.4 Å². The summed E-state index contributed by atoms with van der Waals surface area (Å²) in [6, 6.07) is 3.42. The summed E-state index contributed by atoms with van der Waals surface area (Å²) >= 11 is 0.